The first-order valence-corrected chi connectivity index (χ1v) is 9.09. The summed E-state index contributed by atoms with van der Waals surface area (Å²) in [5, 5.41) is 5.04. The first-order valence-electron chi connectivity index (χ1n) is 8.27. The lowest BCUT2D eigenvalue weighted by Gasteiger charge is -2.27. The highest BCUT2D eigenvalue weighted by Crippen LogP contribution is 2.41. The molecule has 0 unspecified atom stereocenters. The van der Waals surface area contributed by atoms with Gasteiger partial charge in [-0.1, -0.05) is 35.2 Å². The number of ether oxygens (including phenoxy) is 1. The van der Waals surface area contributed by atoms with E-state index in [1.54, 1.807) is 17.5 Å². The summed E-state index contributed by atoms with van der Waals surface area (Å²) in [6, 6.07) is 12.0. The van der Waals surface area contributed by atoms with E-state index in [1.165, 1.54) is 5.00 Å². The van der Waals surface area contributed by atoms with Crippen LogP contribution in [0.2, 0.25) is 0 Å². The molecule has 1 aliphatic rings. The molecule has 0 N–H and O–H groups in total. The summed E-state index contributed by atoms with van der Waals surface area (Å²) in [7, 11) is 0. The first-order chi connectivity index (χ1) is 12.3. The topological polar surface area (TPSA) is 38.5 Å². The van der Waals surface area contributed by atoms with Gasteiger partial charge >= 0.3 is 0 Å². The van der Waals surface area contributed by atoms with Crippen LogP contribution in [0.4, 0.5) is 5.00 Å². The smallest absolute Gasteiger partial charge is 0.177 e. The summed E-state index contributed by atoms with van der Waals surface area (Å²) in [4.78, 5) is 3.45. The monoisotopic (exact) mass is 350 g/mol. The number of benzene rings is 1. The molecule has 0 atom stereocenters. The third-order valence-electron chi connectivity index (χ3n) is 4.19. The minimum absolute atomic E-state index is 0.750. The minimum atomic E-state index is 0.750. The molecule has 0 bridgehead atoms. The Bertz CT molecular complexity index is 899. The largest absolute Gasteiger partial charge is 0.378 e. The molecule has 126 valence electrons. The number of thiophene rings is 1. The van der Waals surface area contributed by atoms with Gasteiger partial charge < -0.3 is 14.2 Å². The van der Waals surface area contributed by atoms with Gasteiger partial charge in [-0.15, -0.1) is 11.3 Å². The Balaban J connectivity index is 1.79. The summed E-state index contributed by atoms with van der Waals surface area (Å²) in [5.74, 6) is 7.48. The number of aromatic nitrogens is 1. The van der Waals surface area contributed by atoms with Gasteiger partial charge in [-0.05, 0) is 24.6 Å². The normalized spacial score (nSPS) is 14.2. The van der Waals surface area contributed by atoms with E-state index >= 15 is 0 Å². The van der Waals surface area contributed by atoms with Crippen molar-refractivity contribution in [1.29, 1.82) is 0 Å². The third-order valence-corrected chi connectivity index (χ3v) is 5.56. The molecule has 1 fully saturated rings. The number of nitrogens with zero attached hydrogens (tertiary/aromatic N) is 2. The van der Waals surface area contributed by atoms with E-state index in [0.717, 1.165) is 53.6 Å². The van der Waals surface area contributed by atoms with Crippen molar-refractivity contribution in [2.75, 3.05) is 31.2 Å². The lowest BCUT2D eigenvalue weighted by Crippen LogP contribution is -2.36. The molecular weight excluding hydrogens is 332 g/mol. The van der Waals surface area contributed by atoms with Gasteiger partial charge in [-0.3, -0.25) is 0 Å². The second-order valence-corrected chi connectivity index (χ2v) is 6.83. The molecule has 0 saturated carbocycles. The van der Waals surface area contributed by atoms with E-state index < -0.39 is 0 Å². The van der Waals surface area contributed by atoms with Crippen LogP contribution in [-0.2, 0) is 4.74 Å². The molecule has 3 aromatic rings. The fourth-order valence-corrected chi connectivity index (χ4v) is 4.13. The molecule has 2 aromatic heterocycles. The zero-order chi connectivity index (χ0) is 17.1. The summed E-state index contributed by atoms with van der Waals surface area (Å²) < 4.78 is 10.9. The lowest BCUT2D eigenvalue weighted by molar-refractivity contribution is 0.123. The Morgan fingerprint density at radius 2 is 1.88 bits per heavy atom. The van der Waals surface area contributed by atoms with Crippen molar-refractivity contribution >= 4 is 16.3 Å². The van der Waals surface area contributed by atoms with Crippen molar-refractivity contribution in [2.45, 2.75) is 6.92 Å². The van der Waals surface area contributed by atoms with Crippen molar-refractivity contribution in [2.24, 2.45) is 0 Å². The molecule has 0 amide bonds. The van der Waals surface area contributed by atoms with Crippen LogP contribution in [0.1, 0.15) is 16.7 Å². The third kappa shape index (κ3) is 3.32. The van der Waals surface area contributed by atoms with Gasteiger partial charge in [0.15, 0.2) is 5.76 Å². The maximum absolute atomic E-state index is 5.50. The van der Waals surface area contributed by atoms with Gasteiger partial charge in [0.2, 0.25) is 0 Å². The standard InChI is InChI=1S/C20H18N2O2S/c1-15-17(8-7-16-5-3-2-4-6-16)20(22-11-13-23-14-12-22)25-19(15)18-9-10-21-24-18/h2-6,9-10H,11-14H2,1H3. The highest BCUT2D eigenvalue weighted by Gasteiger charge is 2.22. The Kier molecular flexibility index (Phi) is 4.55. The summed E-state index contributed by atoms with van der Waals surface area (Å²) in [6.45, 7) is 5.37. The number of rotatable bonds is 2. The van der Waals surface area contributed by atoms with Crippen LogP contribution < -0.4 is 4.90 Å². The fraction of sp³-hybridized carbons (Fsp3) is 0.250. The molecule has 1 aromatic carbocycles. The fourth-order valence-electron chi connectivity index (χ4n) is 2.86. The molecule has 1 aliphatic heterocycles. The molecule has 0 spiro atoms. The second-order valence-electron chi connectivity index (χ2n) is 5.83. The Hall–Kier alpha value is -2.55. The highest BCUT2D eigenvalue weighted by molar-refractivity contribution is 7.19. The summed E-state index contributed by atoms with van der Waals surface area (Å²) in [6.07, 6.45) is 1.68. The predicted molar refractivity (Wildman–Crippen MR) is 100 cm³/mol. The van der Waals surface area contributed by atoms with Crippen LogP contribution >= 0.6 is 11.3 Å². The van der Waals surface area contributed by atoms with Crippen molar-refractivity contribution in [1.82, 2.24) is 5.16 Å². The van der Waals surface area contributed by atoms with Gasteiger partial charge in [0.1, 0.15) is 5.00 Å². The minimum Gasteiger partial charge on any atom is -0.378 e. The summed E-state index contributed by atoms with van der Waals surface area (Å²) in [5.41, 5.74) is 3.23. The molecule has 4 rings (SSSR count). The average Bonchev–Trinajstić information content (AvgIpc) is 3.30. The van der Waals surface area contributed by atoms with Crippen LogP contribution in [-0.4, -0.2) is 31.5 Å². The van der Waals surface area contributed by atoms with E-state index in [1.807, 2.05) is 36.4 Å². The zero-order valence-electron chi connectivity index (χ0n) is 14.0. The number of hydrogen-bond donors (Lipinski definition) is 0. The second kappa shape index (κ2) is 7.14. The van der Waals surface area contributed by atoms with Gasteiger partial charge in [-0.2, -0.15) is 0 Å². The van der Waals surface area contributed by atoms with Crippen LogP contribution in [0.25, 0.3) is 10.6 Å². The molecule has 3 heterocycles. The maximum Gasteiger partial charge on any atom is 0.177 e. The van der Waals surface area contributed by atoms with Crippen LogP contribution in [0, 0.1) is 18.8 Å². The van der Waals surface area contributed by atoms with Crippen molar-refractivity contribution in [3.63, 3.8) is 0 Å². The van der Waals surface area contributed by atoms with Gasteiger partial charge in [0.05, 0.1) is 29.9 Å². The van der Waals surface area contributed by atoms with Crippen LogP contribution in [0.15, 0.2) is 47.1 Å². The van der Waals surface area contributed by atoms with E-state index in [2.05, 4.69) is 28.8 Å². The Morgan fingerprint density at radius 3 is 2.60 bits per heavy atom. The summed E-state index contributed by atoms with van der Waals surface area (Å²) >= 11 is 1.72. The molecule has 1 saturated heterocycles. The van der Waals surface area contributed by atoms with Gasteiger partial charge in [0, 0.05) is 24.7 Å². The molecule has 0 aliphatic carbocycles. The van der Waals surface area contributed by atoms with Gasteiger partial charge in [-0.25, -0.2) is 0 Å². The SMILES string of the molecule is Cc1c(-c2ccno2)sc(N2CCOCC2)c1C#Cc1ccccc1. The lowest BCUT2D eigenvalue weighted by atomic mass is 10.1. The Labute approximate surface area is 151 Å². The van der Waals surface area contributed by atoms with E-state index in [0.29, 0.717) is 0 Å². The van der Waals surface area contributed by atoms with E-state index in [-0.39, 0.29) is 0 Å². The Morgan fingerprint density at radius 1 is 1.08 bits per heavy atom. The maximum atomic E-state index is 5.50. The predicted octanol–water partition coefficient (Wildman–Crippen LogP) is 3.95. The van der Waals surface area contributed by atoms with Crippen molar-refractivity contribution in [3.05, 3.63) is 59.3 Å². The van der Waals surface area contributed by atoms with Crippen LogP contribution in [0.5, 0.6) is 0 Å². The number of anilines is 1. The van der Waals surface area contributed by atoms with Crippen molar-refractivity contribution < 1.29 is 9.26 Å². The molecule has 4 nitrogen and oxygen atoms in total. The highest BCUT2D eigenvalue weighted by atomic mass is 32.1. The van der Waals surface area contributed by atoms with E-state index in [9.17, 15) is 0 Å². The van der Waals surface area contributed by atoms with E-state index in [4.69, 9.17) is 9.26 Å². The zero-order valence-corrected chi connectivity index (χ0v) is 14.8. The van der Waals surface area contributed by atoms with Gasteiger partial charge in [0.25, 0.3) is 0 Å². The molecular formula is C20H18N2O2S. The first kappa shape index (κ1) is 15.9. The molecule has 25 heavy (non-hydrogen) atoms. The number of morpholine rings is 1. The molecule has 0 radical (unpaired) electrons. The molecule has 5 heteroatoms. The quantitative estimate of drug-likeness (QED) is 0.656. The van der Waals surface area contributed by atoms with Crippen LogP contribution in [0.3, 0.4) is 0 Å². The average molecular weight is 350 g/mol. The number of hydrogen-bond acceptors (Lipinski definition) is 5. The van der Waals surface area contributed by atoms with Crippen molar-refractivity contribution in [3.8, 4) is 22.5 Å².